The highest BCUT2D eigenvalue weighted by atomic mass is 32.1. The Labute approximate surface area is 130 Å². The monoisotopic (exact) mass is 301 g/mol. The van der Waals surface area contributed by atoms with Gasteiger partial charge in [-0.05, 0) is 30.7 Å². The Balaban J connectivity index is 1.64. The number of thiophene rings is 1. The largest absolute Gasteiger partial charge is 0.370 e. The molecule has 4 rings (SSSR count). The Hall–Kier alpha value is -1.29. The SMILES string of the molecule is c1csc(C2CCNc3cc(C4CCCCCC4)nn32)c1. The van der Waals surface area contributed by atoms with E-state index in [-0.39, 0.29) is 0 Å². The van der Waals surface area contributed by atoms with Gasteiger partial charge in [0.1, 0.15) is 5.82 Å². The Morgan fingerprint density at radius 3 is 2.76 bits per heavy atom. The van der Waals surface area contributed by atoms with Gasteiger partial charge >= 0.3 is 0 Å². The van der Waals surface area contributed by atoms with E-state index in [0.717, 1.165) is 13.0 Å². The van der Waals surface area contributed by atoms with Crippen LogP contribution in [0.1, 0.15) is 67.5 Å². The van der Waals surface area contributed by atoms with Gasteiger partial charge in [0.15, 0.2) is 0 Å². The third kappa shape index (κ3) is 2.61. The first-order valence-electron chi connectivity index (χ1n) is 8.28. The molecular formula is C17H23N3S. The molecule has 1 saturated carbocycles. The molecule has 0 aromatic carbocycles. The van der Waals surface area contributed by atoms with E-state index in [1.165, 1.54) is 54.9 Å². The Bertz CT molecular complexity index is 579. The molecule has 3 nitrogen and oxygen atoms in total. The van der Waals surface area contributed by atoms with Gasteiger partial charge in [0.25, 0.3) is 0 Å². The van der Waals surface area contributed by atoms with Crippen molar-refractivity contribution in [1.82, 2.24) is 9.78 Å². The van der Waals surface area contributed by atoms with Crippen molar-refractivity contribution in [2.24, 2.45) is 0 Å². The topological polar surface area (TPSA) is 29.9 Å². The van der Waals surface area contributed by atoms with Gasteiger partial charge in [0.2, 0.25) is 0 Å². The molecule has 2 aliphatic rings. The highest BCUT2D eigenvalue weighted by Crippen LogP contribution is 2.36. The zero-order chi connectivity index (χ0) is 14.1. The molecule has 1 N–H and O–H groups in total. The van der Waals surface area contributed by atoms with Gasteiger partial charge in [0, 0.05) is 23.4 Å². The summed E-state index contributed by atoms with van der Waals surface area (Å²) in [7, 11) is 0. The van der Waals surface area contributed by atoms with Crippen LogP contribution >= 0.6 is 11.3 Å². The van der Waals surface area contributed by atoms with Crippen LogP contribution in [0.25, 0.3) is 0 Å². The molecule has 1 atom stereocenters. The normalized spacial score (nSPS) is 23.3. The van der Waals surface area contributed by atoms with Crippen LogP contribution in [0.5, 0.6) is 0 Å². The number of hydrogen-bond acceptors (Lipinski definition) is 3. The van der Waals surface area contributed by atoms with Crippen LogP contribution in [-0.2, 0) is 0 Å². The fourth-order valence-electron chi connectivity index (χ4n) is 3.76. The molecular weight excluding hydrogens is 278 g/mol. The summed E-state index contributed by atoms with van der Waals surface area (Å²) in [6.45, 7) is 1.05. The summed E-state index contributed by atoms with van der Waals surface area (Å²) in [5.41, 5.74) is 1.32. The van der Waals surface area contributed by atoms with Crippen LogP contribution < -0.4 is 5.32 Å². The number of anilines is 1. The maximum Gasteiger partial charge on any atom is 0.125 e. The minimum Gasteiger partial charge on any atom is -0.370 e. The number of rotatable bonds is 2. The molecule has 0 saturated heterocycles. The molecule has 0 spiro atoms. The van der Waals surface area contributed by atoms with Crippen molar-refractivity contribution in [3.8, 4) is 0 Å². The van der Waals surface area contributed by atoms with E-state index < -0.39 is 0 Å². The van der Waals surface area contributed by atoms with Crippen molar-refractivity contribution < 1.29 is 0 Å². The lowest BCUT2D eigenvalue weighted by molar-refractivity contribution is 0.473. The smallest absolute Gasteiger partial charge is 0.125 e. The molecule has 0 radical (unpaired) electrons. The zero-order valence-electron chi connectivity index (χ0n) is 12.4. The van der Waals surface area contributed by atoms with Crippen LogP contribution in [-0.4, -0.2) is 16.3 Å². The average molecular weight is 301 g/mol. The molecule has 1 unspecified atom stereocenters. The second-order valence-electron chi connectivity index (χ2n) is 6.33. The second-order valence-corrected chi connectivity index (χ2v) is 7.31. The minimum absolute atomic E-state index is 0.431. The predicted molar refractivity (Wildman–Crippen MR) is 88.2 cm³/mol. The number of aromatic nitrogens is 2. The average Bonchev–Trinajstić information content (AvgIpc) is 3.10. The van der Waals surface area contributed by atoms with Crippen LogP contribution in [0.15, 0.2) is 23.6 Å². The van der Waals surface area contributed by atoms with E-state index in [2.05, 4.69) is 33.6 Å². The van der Waals surface area contributed by atoms with Crippen molar-refractivity contribution in [2.45, 2.75) is 56.9 Å². The van der Waals surface area contributed by atoms with E-state index >= 15 is 0 Å². The Morgan fingerprint density at radius 2 is 2.00 bits per heavy atom. The first-order chi connectivity index (χ1) is 10.4. The molecule has 2 aromatic heterocycles. The number of fused-ring (bicyclic) bond motifs is 1. The second kappa shape index (κ2) is 5.84. The van der Waals surface area contributed by atoms with Crippen LogP contribution in [0.2, 0.25) is 0 Å². The molecule has 1 fully saturated rings. The van der Waals surface area contributed by atoms with Crippen LogP contribution in [0.4, 0.5) is 5.82 Å². The lowest BCUT2D eigenvalue weighted by atomic mass is 9.97. The third-order valence-electron chi connectivity index (χ3n) is 4.92. The van der Waals surface area contributed by atoms with Gasteiger partial charge in [-0.2, -0.15) is 5.10 Å². The molecule has 112 valence electrons. The molecule has 1 aliphatic carbocycles. The third-order valence-corrected chi connectivity index (χ3v) is 5.89. The molecule has 21 heavy (non-hydrogen) atoms. The van der Waals surface area contributed by atoms with Crippen LogP contribution in [0, 0.1) is 0 Å². The minimum atomic E-state index is 0.431. The van der Waals surface area contributed by atoms with E-state index in [9.17, 15) is 0 Å². The van der Waals surface area contributed by atoms with E-state index in [1.807, 2.05) is 11.3 Å². The van der Waals surface area contributed by atoms with Crippen molar-refractivity contribution >= 4 is 17.2 Å². The summed E-state index contributed by atoms with van der Waals surface area (Å²) in [5, 5.41) is 10.7. The fraction of sp³-hybridized carbons (Fsp3) is 0.588. The summed E-state index contributed by atoms with van der Waals surface area (Å²) in [6, 6.07) is 7.14. The predicted octanol–water partition coefficient (Wildman–Crippen LogP) is 4.79. The highest BCUT2D eigenvalue weighted by molar-refractivity contribution is 7.10. The first kappa shape index (κ1) is 13.4. The van der Waals surface area contributed by atoms with Gasteiger partial charge in [-0.25, -0.2) is 4.68 Å². The standard InChI is InChI=1S/C17H23N3S/c1-2-4-7-13(6-3-1)14-12-17-18-10-9-15(20(17)19-14)16-8-5-11-21-16/h5,8,11-13,15,18H,1-4,6-7,9-10H2. The molecule has 4 heteroatoms. The summed E-state index contributed by atoms with van der Waals surface area (Å²) >= 11 is 1.85. The summed E-state index contributed by atoms with van der Waals surface area (Å²) < 4.78 is 2.25. The maximum atomic E-state index is 5.01. The van der Waals surface area contributed by atoms with E-state index in [4.69, 9.17) is 5.10 Å². The van der Waals surface area contributed by atoms with Gasteiger partial charge in [-0.1, -0.05) is 31.7 Å². The molecule has 2 aromatic rings. The zero-order valence-corrected chi connectivity index (χ0v) is 13.2. The van der Waals surface area contributed by atoms with Crippen molar-refractivity contribution in [3.05, 3.63) is 34.2 Å². The summed E-state index contributed by atoms with van der Waals surface area (Å²) in [5.74, 6) is 1.90. The molecule has 3 heterocycles. The molecule has 0 amide bonds. The molecule has 1 aliphatic heterocycles. The Morgan fingerprint density at radius 1 is 1.14 bits per heavy atom. The van der Waals surface area contributed by atoms with Gasteiger partial charge < -0.3 is 5.32 Å². The highest BCUT2D eigenvalue weighted by Gasteiger charge is 2.26. The van der Waals surface area contributed by atoms with Crippen molar-refractivity contribution in [3.63, 3.8) is 0 Å². The van der Waals surface area contributed by atoms with E-state index in [0.29, 0.717) is 12.0 Å². The van der Waals surface area contributed by atoms with Crippen LogP contribution in [0.3, 0.4) is 0 Å². The fourth-order valence-corrected chi connectivity index (χ4v) is 4.61. The Kier molecular flexibility index (Phi) is 3.72. The van der Waals surface area contributed by atoms with Gasteiger partial charge in [0.05, 0.1) is 11.7 Å². The lowest BCUT2D eigenvalue weighted by Crippen LogP contribution is -2.23. The lowest BCUT2D eigenvalue weighted by Gasteiger charge is -2.24. The number of hydrogen-bond donors (Lipinski definition) is 1. The quantitative estimate of drug-likeness (QED) is 0.808. The number of nitrogens with one attached hydrogen (secondary N) is 1. The van der Waals surface area contributed by atoms with E-state index in [1.54, 1.807) is 0 Å². The number of nitrogens with zero attached hydrogens (tertiary/aromatic N) is 2. The summed E-state index contributed by atoms with van der Waals surface area (Å²) in [4.78, 5) is 1.44. The van der Waals surface area contributed by atoms with Gasteiger partial charge in [-0.15, -0.1) is 11.3 Å². The first-order valence-corrected chi connectivity index (χ1v) is 9.16. The van der Waals surface area contributed by atoms with Gasteiger partial charge in [-0.3, -0.25) is 0 Å². The molecule has 0 bridgehead atoms. The van der Waals surface area contributed by atoms with Crippen molar-refractivity contribution in [1.29, 1.82) is 0 Å². The maximum absolute atomic E-state index is 5.01. The van der Waals surface area contributed by atoms with Crippen molar-refractivity contribution in [2.75, 3.05) is 11.9 Å². The summed E-state index contributed by atoms with van der Waals surface area (Å²) in [6.07, 6.45) is 9.32.